The molecule has 20 heavy (non-hydrogen) atoms. The van der Waals surface area contributed by atoms with Gasteiger partial charge in [0.2, 0.25) is 0 Å². The lowest BCUT2D eigenvalue weighted by Gasteiger charge is -2.08. The van der Waals surface area contributed by atoms with Crippen molar-refractivity contribution < 1.29 is 4.92 Å². The van der Waals surface area contributed by atoms with E-state index in [4.69, 9.17) is 5.73 Å². The predicted octanol–water partition coefficient (Wildman–Crippen LogP) is 2.48. The first-order chi connectivity index (χ1) is 9.41. The highest BCUT2D eigenvalue weighted by molar-refractivity contribution is 5.40. The Bertz CT molecular complexity index is 647. The number of nitro groups is 1. The average molecular weight is 274 g/mol. The minimum absolute atomic E-state index is 0.102. The minimum atomic E-state index is -0.368. The molecule has 0 saturated carbocycles. The van der Waals surface area contributed by atoms with Crippen molar-refractivity contribution in [3.8, 4) is 0 Å². The third-order valence-electron chi connectivity index (χ3n) is 3.40. The molecule has 0 fully saturated rings. The Kier molecular flexibility index (Phi) is 3.85. The van der Waals surface area contributed by atoms with Crippen molar-refractivity contribution >= 4 is 5.69 Å². The zero-order valence-electron chi connectivity index (χ0n) is 11.8. The zero-order chi connectivity index (χ0) is 14.9. The second-order valence-electron chi connectivity index (χ2n) is 4.92. The van der Waals surface area contributed by atoms with Crippen molar-refractivity contribution in [1.82, 2.24) is 9.78 Å². The number of benzene rings is 1. The van der Waals surface area contributed by atoms with Crippen LogP contribution in [0.1, 0.15) is 35.5 Å². The summed E-state index contributed by atoms with van der Waals surface area (Å²) in [6.45, 7) is 6.12. The number of aromatic nitrogens is 2. The molecule has 0 aliphatic heterocycles. The summed E-state index contributed by atoms with van der Waals surface area (Å²) < 4.78 is 1.77. The Morgan fingerprint density at radius 1 is 1.40 bits per heavy atom. The number of nitrogens with two attached hydrogens (primary N) is 1. The van der Waals surface area contributed by atoms with Gasteiger partial charge in [-0.3, -0.25) is 14.8 Å². The van der Waals surface area contributed by atoms with Crippen LogP contribution >= 0.6 is 0 Å². The lowest BCUT2D eigenvalue weighted by molar-refractivity contribution is -0.385. The minimum Gasteiger partial charge on any atom is -0.324 e. The summed E-state index contributed by atoms with van der Waals surface area (Å²) in [5.74, 6) is 0. The maximum Gasteiger partial charge on any atom is 0.274 e. The van der Waals surface area contributed by atoms with Crippen LogP contribution in [0.25, 0.3) is 0 Å². The van der Waals surface area contributed by atoms with Gasteiger partial charge >= 0.3 is 0 Å². The van der Waals surface area contributed by atoms with Crippen LogP contribution in [0, 0.1) is 24.0 Å². The molecule has 1 atom stereocenters. The van der Waals surface area contributed by atoms with E-state index in [0.717, 1.165) is 17.0 Å². The highest BCUT2D eigenvalue weighted by Crippen LogP contribution is 2.23. The van der Waals surface area contributed by atoms with Gasteiger partial charge in [-0.15, -0.1) is 0 Å². The summed E-state index contributed by atoms with van der Waals surface area (Å²) in [4.78, 5) is 10.7. The second kappa shape index (κ2) is 5.42. The molecule has 6 nitrogen and oxygen atoms in total. The summed E-state index contributed by atoms with van der Waals surface area (Å²) >= 11 is 0. The number of nitrogens with zero attached hydrogens (tertiary/aromatic N) is 3. The SMILES string of the molecule is Cc1nn(Cc2ccccc2[N+](=O)[O-])c(C)c1C(C)N. The van der Waals surface area contributed by atoms with Gasteiger partial charge in [0.05, 0.1) is 22.7 Å². The molecule has 1 aromatic carbocycles. The predicted molar refractivity (Wildman–Crippen MR) is 76.5 cm³/mol. The van der Waals surface area contributed by atoms with Crippen molar-refractivity contribution in [2.45, 2.75) is 33.4 Å². The number of aryl methyl sites for hydroxylation is 1. The molecular formula is C14H18N4O2. The number of nitro benzene ring substituents is 1. The third kappa shape index (κ3) is 2.55. The Hall–Kier alpha value is -2.21. The van der Waals surface area contributed by atoms with Crippen molar-refractivity contribution in [3.05, 3.63) is 56.9 Å². The topological polar surface area (TPSA) is 87.0 Å². The van der Waals surface area contributed by atoms with Gasteiger partial charge in [-0.25, -0.2) is 0 Å². The van der Waals surface area contributed by atoms with E-state index in [0.29, 0.717) is 12.1 Å². The van der Waals surface area contributed by atoms with Gasteiger partial charge in [0.15, 0.2) is 0 Å². The fourth-order valence-corrected chi connectivity index (χ4v) is 2.51. The molecule has 0 spiro atoms. The van der Waals surface area contributed by atoms with Crippen LogP contribution in [0.4, 0.5) is 5.69 Å². The molecule has 2 rings (SSSR count). The van der Waals surface area contributed by atoms with Gasteiger partial charge in [-0.2, -0.15) is 5.10 Å². The molecule has 0 saturated heterocycles. The van der Waals surface area contributed by atoms with E-state index in [1.165, 1.54) is 6.07 Å². The van der Waals surface area contributed by atoms with Gasteiger partial charge in [0.25, 0.3) is 5.69 Å². The third-order valence-corrected chi connectivity index (χ3v) is 3.40. The summed E-state index contributed by atoms with van der Waals surface area (Å²) in [5.41, 5.74) is 9.52. The smallest absolute Gasteiger partial charge is 0.274 e. The zero-order valence-corrected chi connectivity index (χ0v) is 11.8. The van der Waals surface area contributed by atoms with Crippen molar-refractivity contribution in [2.75, 3.05) is 0 Å². The first-order valence-electron chi connectivity index (χ1n) is 6.43. The summed E-state index contributed by atoms with van der Waals surface area (Å²) in [7, 11) is 0. The number of hydrogen-bond acceptors (Lipinski definition) is 4. The summed E-state index contributed by atoms with van der Waals surface area (Å²) in [6.07, 6.45) is 0. The lowest BCUT2D eigenvalue weighted by Crippen LogP contribution is -2.09. The molecule has 6 heteroatoms. The number of rotatable bonds is 4. The van der Waals surface area contributed by atoms with Crippen LogP contribution in [0.5, 0.6) is 0 Å². The molecule has 2 N–H and O–H groups in total. The van der Waals surface area contributed by atoms with E-state index in [-0.39, 0.29) is 16.7 Å². The normalized spacial score (nSPS) is 12.4. The van der Waals surface area contributed by atoms with Crippen LogP contribution in [0.2, 0.25) is 0 Å². The van der Waals surface area contributed by atoms with Gasteiger partial charge in [0.1, 0.15) is 0 Å². The Balaban J connectivity index is 2.41. The summed E-state index contributed by atoms with van der Waals surface area (Å²) in [5, 5.41) is 15.5. The number of hydrogen-bond donors (Lipinski definition) is 1. The first kappa shape index (κ1) is 14.2. The van der Waals surface area contributed by atoms with Crippen molar-refractivity contribution in [2.24, 2.45) is 5.73 Å². The average Bonchev–Trinajstić information content (AvgIpc) is 2.64. The highest BCUT2D eigenvalue weighted by Gasteiger charge is 2.18. The fourth-order valence-electron chi connectivity index (χ4n) is 2.51. The van der Waals surface area contributed by atoms with Crippen LogP contribution in [0.15, 0.2) is 24.3 Å². The Labute approximate surface area is 117 Å². The first-order valence-corrected chi connectivity index (χ1v) is 6.43. The molecule has 1 aromatic heterocycles. The van der Waals surface area contributed by atoms with Crippen LogP contribution in [-0.4, -0.2) is 14.7 Å². The van der Waals surface area contributed by atoms with E-state index >= 15 is 0 Å². The van der Waals surface area contributed by atoms with Gasteiger partial charge < -0.3 is 5.73 Å². The summed E-state index contributed by atoms with van der Waals surface area (Å²) in [6, 6.07) is 6.61. The molecule has 1 unspecified atom stereocenters. The molecule has 0 aliphatic rings. The van der Waals surface area contributed by atoms with E-state index in [1.807, 2.05) is 20.8 Å². The molecule has 0 radical (unpaired) electrons. The number of para-hydroxylation sites is 1. The monoisotopic (exact) mass is 274 g/mol. The van der Waals surface area contributed by atoms with Crippen LogP contribution in [-0.2, 0) is 6.54 Å². The molecule has 0 bridgehead atoms. The molecule has 0 amide bonds. The van der Waals surface area contributed by atoms with Crippen molar-refractivity contribution in [3.63, 3.8) is 0 Å². The standard InChI is InChI=1S/C14H18N4O2/c1-9(15)14-10(2)16-17(11(14)3)8-12-6-4-5-7-13(12)18(19)20/h4-7,9H,8,15H2,1-3H3. The molecule has 0 aliphatic carbocycles. The maximum absolute atomic E-state index is 11.0. The maximum atomic E-state index is 11.0. The quantitative estimate of drug-likeness (QED) is 0.685. The van der Waals surface area contributed by atoms with E-state index in [1.54, 1.807) is 22.9 Å². The molecular weight excluding hydrogens is 256 g/mol. The molecule has 106 valence electrons. The van der Waals surface area contributed by atoms with Crippen molar-refractivity contribution in [1.29, 1.82) is 0 Å². The Morgan fingerprint density at radius 2 is 2.05 bits per heavy atom. The van der Waals surface area contributed by atoms with E-state index in [9.17, 15) is 10.1 Å². The largest absolute Gasteiger partial charge is 0.324 e. The lowest BCUT2D eigenvalue weighted by atomic mass is 10.1. The van der Waals surface area contributed by atoms with E-state index < -0.39 is 0 Å². The van der Waals surface area contributed by atoms with Gasteiger partial charge in [0, 0.05) is 23.4 Å². The van der Waals surface area contributed by atoms with Gasteiger partial charge in [-0.05, 0) is 20.8 Å². The Morgan fingerprint density at radius 3 is 2.60 bits per heavy atom. The van der Waals surface area contributed by atoms with E-state index in [2.05, 4.69) is 5.10 Å². The van der Waals surface area contributed by atoms with Crippen LogP contribution < -0.4 is 5.73 Å². The highest BCUT2D eigenvalue weighted by atomic mass is 16.6. The van der Waals surface area contributed by atoms with Crippen LogP contribution in [0.3, 0.4) is 0 Å². The second-order valence-corrected chi connectivity index (χ2v) is 4.92. The van der Waals surface area contributed by atoms with Gasteiger partial charge in [-0.1, -0.05) is 18.2 Å². The fraction of sp³-hybridized carbons (Fsp3) is 0.357. The molecule has 2 aromatic rings. The molecule has 1 heterocycles.